The van der Waals surface area contributed by atoms with E-state index in [0.29, 0.717) is 17.7 Å². The van der Waals surface area contributed by atoms with Crippen molar-refractivity contribution in [3.63, 3.8) is 0 Å². The van der Waals surface area contributed by atoms with Crippen LogP contribution < -0.4 is 11.3 Å². The lowest BCUT2D eigenvalue weighted by Crippen LogP contribution is -2.30. The van der Waals surface area contributed by atoms with Crippen molar-refractivity contribution in [1.29, 1.82) is 0 Å². The van der Waals surface area contributed by atoms with E-state index in [1.807, 2.05) is 0 Å². The summed E-state index contributed by atoms with van der Waals surface area (Å²) in [4.78, 5) is 23.5. The first-order valence-corrected chi connectivity index (χ1v) is 6.59. The molecule has 2 atom stereocenters. The molecule has 0 aromatic carbocycles. The van der Waals surface area contributed by atoms with Crippen LogP contribution in [0.25, 0.3) is 11.0 Å². The van der Waals surface area contributed by atoms with E-state index in [1.54, 1.807) is 0 Å². The molecular formula is C11H14N6O5. The van der Waals surface area contributed by atoms with Crippen LogP contribution in [-0.2, 0) is 14.3 Å². The monoisotopic (exact) mass is 310 g/mol. The smallest absolute Gasteiger partial charge is 0.302 e. The standard InChI is InChI=1S/C11H14N6O5/c1-5(18)21-4-6-2-3-7(22-6)16-11(19)9-8(13-15-16)10(12)14-17(9)20/h6-7,20H,2-4H2,1H3,(H2,12,14). The third-order valence-electron chi connectivity index (χ3n) is 3.35. The van der Waals surface area contributed by atoms with E-state index in [1.165, 1.54) is 6.92 Å². The van der Waals surface area contributed by atoms with Gasteiger partial charge in [-0.3, -0.25) is 9.59 Å². The van der Waals surface area contributed by atoms with Gasteiger partial charge in [0.15, 0.2) is 23.1 Å². The molecule has 1 fully saturated rings. The van der Waals surface area contributed by atoms with Crippen LogP contribution in [0.3, 0.4) is 0 Å². The van der Waals surface area contributed by atoms with E-state index in [2.05, 4.69) is 15.4 Å². The maximum atomic E-state index is 12.3. The number of carbonyl (C=O) groups excluding carboxylic acids is 1. The highest BCUT2D eigenvalue weighted by molar-refractivity contribution is 5.83. The molecular weight excluding hydrogens is 296 g/mol. The number of hydrogen-bond donors (Lipinski definition) is 2. The molecule has 3 heterocycles. The Labute approximate surface area is 123 Å². The molecule has 2 aromatic rings. The van der Waals surface area contributed by atoms with Gasteiger partial charge in [0.05, 0.1) is 6.10 Å². The maximum Gasteiger partial charge on any atom is 0.302 e. The summed E-state index contributed by atoms with van der Waals surface area (Å²) < 4.78 is 11.5. The summed E-state index contributed by atoms with van der Waals surface area (Å²) >= 11 is 0. The van der Waals surface area contributed by atoms with E-state index < -0.39 is 17.8 Å². The summed E-state index contributed by atoms with van der Waals surface area (Å²) in [5, 5.41) is 20.7. The lowest BCUT2D eigenvalue weighted by molar-refractivity contribution is -0.145. The zero-order valence-corrected chi connectivity index (χ0v) is 11.7. The quantitative estimate of drug-likeness (QED) is 0.540. The van der Waals surface area contributed by atoms with Crippen molar-refractivity contribution in [1.82, 2.24) is 24.9 Å². The van der Waals surface area contributed by atoms with Gasteiger partial charge in [-0.25, -0.2) is 0 Å². The summed E-state index contributed by atoms with van der Waals surface area (Å²) in [6.45, 7) is 1.42. The number of nitrogens with zero attached hydrogens (tertiary/aromatic N) is 5. The molecule has 1 aliphatic heterocycles. The minimum atomic E-state index is -0.652. The van der Waals surface area contributed by atoms with Gasteiger partial charge in [0.25, 0.3) is 0 Å². The van der Waals surface area contributed by atoms with Crippen LogP contribution >= 0.6 is 0 Å². The number of anilines is 1. The molecule has 2 aromatic heterocycles. The van der Waals surface area contributed by atoms with Gasteiger partial charge in [-0.1, -0.05) is 10.1 Å². The molecule has 2 unspecified atom stereocenters. The van der Waals surface area contributed by atoms with Crippen molar-refractivity contribution in [2.75, 3.05) is 12.3 Å². The normalized spacial score (nSPS) is 21.3. The zero-order valence-electron chi connectivity index (χ0n) is 11.7. The molecule has 0 bridgehead atoms. The fraction of sp³-hybridized carbons (Fsp3) is 0.545. The van der Waals surface area contributed by atoms with E-state index in [4.69, 9.17) is 15.2 Å². The van der Waals surface area contributed by atoms with Crippen LogP contribution in [0.15, 0.2) is 4.79 Å². The Balaban J connectivity index is 1.86. The van der Waals surface area contributed by atoms with Gasteiger partial charge >= 0.3 is 11.5 Å². The molecule has 11 nitrogen and oxygen atoms in total. The number of nitrogens with two attached hydrogens (primary N) is 1. The van der Waals surface area contributed by atoms with Crippen molar-refractivity contribution in [2.45, 2.75) is 32.1 Å². The van der Waals surface area contributed by atoms with E-state index in [0.717, 1.165) is 4.68 Å². The van der Waals surface area contributed by atoms with Crippen molar-refractivity contribution in [3.05, 3.63) is 10.4 Å². The van der Waals surface area contributed by atoms with Gasteiger partial charge < -0.3 is 20.4 Å². The first-order valence-electron chi connectivity index (χ1n) is 6.59. The van der Waals surface area contributed by atoms with Gasteiger partial charge in [0.1, 0.15) is 6.61 Å². The summed E-state index contributed by atoms with van der Waals surface area (Å²) in [5.41, 5.74) is 4.76. The summed E-state index contributed by atoms with van der Waals surface area (Å²) in [5.74, 6) is -0.487. The van der Waals surface area contributed by atoms with Gasteiger partial charge in [0, 0.05) is 6.92 Å². The topological polar surface area (TPSA) is 147 Å². The van der Waals surface area contributed by atoms with Crippen LogP contribution in [0.2, 0.25) is 0 Å². The molecule has 1 aliphatic rings. The van der Waals surface area contributed by atoms with Crippen molar-refractivity contribution in [2.24, 2.45) is 0 Å². The average Bonchev–Trinajstić information content (AvgIpc) is 3.03. The van der Waals surface area contributed by atoms with Gasteiger partial charge in [-0.15, -0.1) is 10.2 Å². The van der Waals surface area contributed by atoms with Crippen molar-refractivity contribution < 1.29 is 19.5 Å². The number of aromatic nitrogens is 5. The van der Waals surface area contributed by atoms with Crippen LogP contribution in [0.4, 0.5) is 5.82 Å². The Morgan fingerprint density at radius 3 is 3.05 bits per heavy atom. The summed E-state index contributed by atoms with van der Waals surface area (Å²) in [7, 11) is 0. The highest BCUT2D eigenvalue weighted by Gasteiger charge is 2.30. The number of carbonyl (C=O) groups is 1. The van der Waals surface area contributed by atoms with Crippen LogP contribution in [0, 0.1) is 0 Å². The number of esters is 1. The number of hydrogen-bond acceptors (Lipinski definition) is 9. The Morgan fingerprint density at radius 1 is 1.55 bits per heavy atom. The Morgan fingerprint density at radius 2 is 2.32 bits per heavy atom. The second-order valence-corrected chi connectivity index (χ2v) is 4.90. The average molecular weight is 310 g/mol. The van der Waals surface area contributed by atoms with Crippen LogP contribution in [0.1, 0.15) is 26.0 Å². The first kappa shape index (κ1) is 14.3. The molecule has 0 spiro atoms. The van der Waals surface area contributed by atoms with Gasteiger partial charge in [-0.2, -0.15) is 4.68 Å². The highest BCUT2D eigenvalue weighted by atomic mass is 16.6. The second kappa shape index (κ2) is 5.26. The number of rotatable bonds is 3. The van der Waals surface area contributed by atoms with Crippen LogP contribution in [-0.4, -0.2) is 48.8 Å². The molecule has 3 rings (SSSR count). The third kappa shape index (κ3) is 2.35. The van der Waals surface area contributed by atoms with Crippen molar-refractivity contribution >= 4 is 22.8 Å². The largest absolute Gasteiger partial charge is 0.463 e. The molecule has 0 aliphatic carbocycles. The lowest BCUT2D eigenvalue weighted by atomic mass is 10.2. The molecule has 3 N–H and O–H groups in total. The van der Waals surface area contributed by atoms with Gasteiger partial charge in [-0.05, 0) is 12.8 Å². The molecule has 118 valence electrons. The van der Waals surface area contributed by atoms with Crippen molar-refractivity contribution in [3.8, 4) is 0 Å². The lowest BCUT2D eigenvalue weighted by Gasteiger charge is -2.14. The van der Waals surface area contributed by atoms with E-state index >= 15 is 0 Å². The SMILES string of the molecule is CC(=O)OCC1CCC(n2nnc3c(N)nn(O)c3c2=O)O1. The second-order valence-electron chi connectivity index (χ2n) is 4.90. The minimum absolute atomic E-state index is 0.0261. The Bertz CT molecular complexity index is 783. The first-order chi connectivity index (χ1) is 10.5. The van der Waals surface area contributed by atoms with E-state index in [9.17, 15) is 14.8 Å². The number of fused-ring (bicyclic) bond motifs is 1. The summed E-state index contributed by atoms with van der Waals surface area (Å²) in [6.07, 6.45) is 0.134. The predicted molar refractivity (Wildman–Crippen MR) is 71.0 cm³/mol. The molecule has 11 heteroatoms. The van der Waals surface area contributed by atoms with E-state index in [-0.39, 0.29) is 29.6 Å². The number of ether oxygens (including phenoxy) is 2. The van der Waals surface area contributed by atoms with Gasteiger partial charge in [0.2, 0.25) is 0 Å². The fourth-order valence-corrected chi connectivity index (χ4v) is 2.33. The fourth-order valence-electron chi connectivity index (χ4n) is 2.33. The molecule has 22 heavy (non-hydrogen) atoms. The van der Waals surface area contributed by atoms with Crippen LogP contribution in [0.5, 0.6) is 0 Å². The Hall–Kier alpha value is -2.69. The Kier molecular flexibility index (Phi) is 3.41. The molecule has 1 saturated heterocycles. The summed E-state index contributed by atoms with van der Waals surface area (Å²) in [6, 6.07) is 0. The third-order valence-corrected chi connectivity index (χ3v) is 3.35. The molecule has 0 radical (unpaired) electrons. The molecule has 0 saturated carbocycles. The zero-order chi connectivity index (χ0) is 15.9. The molecule has 0 amide bonds. The highest BCUT2D eigenvalue weighted by Crippen LogP contribution is 2.27. The number of nitrogen functional groups attached to an aromatic ring is 1. The maximum absolute atomic E-state index is 12.3. The minimum Gasteiger partial charge on any atom is -0.463 e. The predicted octanol–water partition coefficient (Wildman–Crippen LogP) is -0.952.